The summed E-state index contributed by atoms with van der Waals surface area (Å²) in [6.07, 6.45) is 1.03. The van der Waals surface area contributed by atoms with Gasteiger partial charge in [0.25, 0.3) is 9.84 Å². The molecule has 1 heterocycles. The molecule has 2 aromatic rings. The fraction of sp³-hybridized carbons (Fsp3) is 0.111. The van der Waals surface area contributed by atoms with Crippen LogP contribution in [0.15, 0.2) is 35.5 Å². The van der Waals surface area contributed by atoms with Gasteiger partial charge in [0.05, 0.1) is 5.69 Å². The van der Waals surface area contributed by atoms with Crippen LogP contribution in [0.3, 0.4) is 0 Å². The van der Waals surface area contributed by atoms with E-state index in [1.54, 1.807) is 0 Å². The van der Waals surface area contributed by atoms with E-state index in [4.69, 9.17) is 5.73 Å². The van der Waals surface area contributed by atoms with Crippen molar-refractivity contribution in [3.05, 3.63) is 30.6 Å². The van der Waals surface area contributed by atoms with Crippen LogP contribution in [0, 0.1) is 0 Å². The number of hydrogen-bond acceptors (Lipinski definition) is 5. The maximum atomic E-state index is 12.6. The highest BCUT2D eigenvalue weighted by Crippen LogP contribution is 2.33. The van der Waals surface area contributed by atoms with Gasteiger partial charge in [0.2, 0.25) is 5.95 Å². The van der Waals surface area contributed by atoms with Gasteiger partial charge in [0, 0.05) is 0 Å². The lowest BCUT2D eigenvalue weighted by molar-refractivity contribution is -0.0436. The Kier molecular flexibility index (Phi) is 2.97. The standard InChI is InChI=1S/C9H7F3N4O2S/c10-9(11,12)19(17,18)7-4-2-1-3-6(7)16-5-14-8(13)15-16/h1-5H,(H2,13,15). The van der Waals surface area contributed by atoms with Crippen molar-refractivity contribution in [2.75, 3.05) is 5.73 Å². The molecule has 19 heavy (non-hydrogen) atoms. The molecule has 0 fully saturated rings. The van der Waals surface area contributed by atoms with Crippen molar-refractivity contribution >= 4 is 15.8 Å². The zero-order valence-electron chi connectivity index (χ0n) is 9.16. The molecule has 0 bridgehead atoms. The number of aromatic nitrogens is 3. The van der Waals surface area contributed by atoms with E-state index in [-0.39, 0.29) is 11.6 Å². The van der Waals surface area contributed by atoms with E-state index in [1.807, 2.05) is 0 Å². The Bertz CT molecular complexity index is 708. The SMILES string of the molecule is Nc1ncn(-c2ccccc2S(=O)(=O)C(F)(F)F)n1. The van der Waals surface area contributed by atoms with Crippen molar-refractivity contribution in [2.24, 2.45) is 0 Å². The summed E-state index contributed by atoms with van der Waals surface area (Å²) in [5.41, 5.74) is -0.422. The monoisotopic (exact) mass is 292 g/mol. The lowest BCUT2D eigenvalue weighted by Crippen LogP contribution is -2.24. The lowest BCUT2D eigenvalue weighted by atomic mass is 10.3. The first-order valence-electron chi connectivity index (χ1n) is 4.81. The van der Waals surface area contributed by atoms with Gasteiger partial charge < -0.3 is 5.73 Å². The van der Waals surface area contributed by atoms with Gasteiger partial charge in [-0.3, -0.25) is 0 Å². The molecule has 0 unspecified atom stereocenters. The third-order valence-electron chi connectivity index (χ3n) is 2.22. The van der Waals surface area contributed by atoms with Crippen LogP contribution in [-0.4, -0.2) is 28.7 Å². The second-order valence-corrected chi connectivity index (χ2v) is 5.37. The van der Waals surface area contributed by atoms with Gasteiger partial charge in [-0.15, -0.1) is 5.10 Å². The second-order valence-electron chi connectivity index (χ2n) is 3.46. The Hall–Kier alpha value is -2.10. The lowest BCUT2D eigenvalue weighted by Gasteiger charge is -2.11. The number of nitrogen functional groups attached to an aromatic ring is 1. The minimum absolute atomic E-state index is 0.181. The first kappa shape index (κ1) is 13.3. The maximum absolute atomic E-state index is 12.6. The van der Waals surface area contributed by atoms with Crippen LogP contribution >= 0.6 is 0 Å². The Morgan fingerprint density at radius 1 is 1.21 bits per heavy atom. The summed E-state index contributed by atoms with van der Waals surface area (Å²) in [7, 11) is -5.48. The molecule has 2 N–H and O–H groups in total. The predicted octanol–water partition coefficient (Wildman–Crippen LogP) is 1.14. The van der Waals surface area contributed by atoms with Crippen LogP contribution in [0.2, 0.25) is 0 Å². The fourth-order valence-corrected chi connectivity index (χ4v) is 2.33. The summed E-state index contributed by atoms with van der Waals surface area (Å²) >= 11 is 0. The minimum Gasteiger partial charge on any atom is -0.366 e. The van der Waals surface area contributed by atoms with E-state index in [1.165, 1.54) is 18.2 Å². The number of hydrogen-bond donors (Lipinski definition) is 1. The first-order valence-corrected chi connectivity index (χ1v) is 6.29. The molecule has 10 heteroatoms. The van der Waals surface area contributed by atoms with E-state index in [2.05, 4.69) is 10.1 Å². The molecule has 6 nitrogen and oxygen atoms in total. The zero-order valence-corrected chi connectivity index (χ0v) is 9.98. The molecular formula is C9H7F3N4O2S. The number of rotatable bonds is 2. The number of alkyl halides is 3. The molecule has 0 saturated heterocycles. The zero-order chi connectivity index (χ0) is 14.3. The molecule has 1 aromatic carbocycles. The van der Waals surface area contributed by atoms with Gasteiger partial charge in [0.15, 0.2) is 0 Å². The number of nitrogens with two attached hydrogens (primary N) is 1. The third-order valence-corrected chi connectivity index (χ3v) is 3.75. The molecule has 102 valence electrons. The molecule has 0 aliphatic heterocycles. The molecule has 0 amide bonds. The summed E-state index contributed by atoms with van der Waals surface area (Å²) in [6.45, 7) is 0. The Labute approximate surface area is 105 Å². The number of benzene rings is 1. The van der Waals surface area contributed by atoms with Gasteiger partial charge in [-0.1, -0.05) is 12.1 Å². The highest BCUT2D eigenvalue weighted by atomic mass is 32.2. The Morgan fingerprint density at radius 2 is 1.84 bits per heavy atom. The fourth-order valence-electron chi connectivity index (χ4n) is 1.39. The van der Waals surface area contributed by atoms with Crippen LogP contribution < -0.4 is 5.73 Å². The highest BCUT2D eigenvalue weighted by molar-refractivity contribution is 7.92. The van der Waals surface area contributed by atoms with Crippen LogP contribution in [0.4, 0.5) is 19.1 Å². The first-order chi connectivity index (χ1) is 8.73. The number of sulfone groups is 1. The number of nitrogens with zero attached hydrogens (tertiary/aromatic N) is 3. The Balaban J connectivity index is 2.68. The summed E-state index contributed by atoms with van der Waals surface area (Å²) in [5.74, 6) is -0.181. The number of halogens is 3. The molecule has 2 rings (SSSR count). The topological polar surface area (TPSA) is 90.9 Å². The summed E-state index contributed by atoms with van der Waals surface area (Å²) < 4.78 is 61.4. The molecule has 1 aromatic heterocycles. The van der Waals surface area contributed by atoms with Crippen molar-refractivity contribution < 1.29 is 21.6 Å². The normalized spacial score (nSPS) is 12.6. The van der Waals surface area contributed by atoms with Crippen molar-refractivity contribution in [1.82, 2.24) is 14.8 Å². The second kappa shape index (κ2) is 4.23. The van der Waals surface area contributed by atoms with Crippen molar-refractivity contribution in [3.63, 3.8) is 0 Å². The molecule has 0 saturated carbocycles. The van der Waals surface area contributed by atoms with Gasteiger partial charge in [-0.05, 0) is 12.1 Å². The molecule has 0 aliphatic rings. The third kappa shape index (κ3) is 2.26. The molecule has 0 spiro atoms. The van der Waals surface area contributed by atoms with Crippen molar-refractivity contribution in [3.8, 4) is 5.69 Å². The van der Waals surface area contributed by atoms with E-state index >= 15 is 0 Å². The summed E-state index contributed by atoms with van der Waals surface area (Å²) in [5, 5.41) is 3.59. The maximum Gasteiger partial charge on any atom is 0.501 e. The van der Waals surface area contributed by atoms with Crippen LogP contribution in [0.5, 0.6) is 0 Å². The van der Waals surface area contributed by atoms with E-state index in [0.29, 0.717) is 0 Å². The van der Waals surface area contributed by atoms with Gasteiger partial charge in [0.1, 0.15) is 11.2 Å². The Morgan fingerprint density at radius 3 is 2.37 bits per heavy atom. The number of anilines is 1. The number of para-hydroxylation sites is 1. The van der Waals surface area contributed by atoms with Gasteiger partial charge in [-0.25, -0.2) is 18.1 Å². The minimum atomic E-state index is -5.48. The van der Waals surface area contributed by atoms with E-state index < -0.39 is 20.2 Å². The smallest absolute Gasteiger partial charge is 0.366 e. The van der Waals surface area contributed by atoms with Crippen LogP contribution in [-0.2, 0) is 9.84 Å². The molecular weight excluding hydrogens is 285 g/mol. The van der Waals surface area contributed by atoms with Crippen LogP contribution in [0.25, 0.3) is 5.69 Å². The highest BCUT2D eigenvalue weighted by Gasteiger charge is 2.48. The summed E-state index contributed by atoms with van der Waals surface area (Å²) in [4.78, 5) is 2.62. The average Bonchev–Trinajstić information content (AvgIpc) is 2.74. The van der Waals surface area contributed by atoms with Gasteiger partial charge >= 0.3 is 5.51 Å². The average molecular weight is 292 g/mol. The van der Waals surface area contributed by atoms with E-state index in [9.17, 15) is 21.6 Å². The van der Waals surface area contributed by atoms with Crippen LogP contribution in [0.1, 0.15) is 0 Å². The summed E-state index contributed by atoms with van der Waals surface area (Å²) in [6, 6.07) is 4.58. The van der Waals surface area contributed by atoms with Crippen molar-refractivity contribution in [2.45, 2.75) is 10.4 Å². The van der Waals surface area contributed by atoms with Gasteiger partial charge in [-0.2, -0.15) is 13.2 Å². The molecule has 0 atom stereocenters. The van der Waals surface area contributed by atoms with E-state index in [0.717, 1.165) is 17.1 Å². The van der Waals surface area contributed by atoms with Crippen molar-refractivity contribution in [1.29, 1.82) is 0 Å². The molecule has 0 aliphatic carbocycles. The largest absolute Gasteiger partial charge is 0.501 e. The predicted molar refractivity (Wildman–Crippen MR) is 59.0 cm³/mol. The molecule has 0 radical (unpaired) electrons. The quantitative estimate of drug-likeness (QED) is 0.896.